The van der Waals surface area contributed by atoms with Crippen LogP contribution in [0, 0.1) is 11.3 Å². The molecule has 1 unspecified atom stereocenters. The molecule has 0 spiro atoms. The summed E-state index contributed by atoms with van der Waals surface area (Å²) in [6.45, 7) is 3.77. The van der Waals surface area contributed by atoms with Gasteiger partial charge in [0.1, 0.15) is 28.0 Å². The highest BCUT2D eigenvalue weighted by atomic mass is 32.2. The molecule has 9 heteroatoms. The molecular formula is C19H20N6O2S. The summed E-state index contributed by atoms with van der Waals surface area (Å²) in [6, 6.07) is 6.06. The zero-order valence-corrected chi connectivity index (χ0v) is 16.4. The first-order chi connectivity index (χ1) is 13.4. The van der Waals surface area contributed by atoms with Gasteiger partial charge in [-0.15, -0.1) is 0 Å². The highest BCUT2D eigenvalue weighted by Gasteiger charge is 2.27. The van der Waals surface area contributed by atoms with Crippen LogP contribution in [0.1, 0.15) is 61.6 Å². The van der Waals surface area contributed by atoms with Gasteiger partial charge < -0.3 is 4.98 Å². The van der Waals surface area contributed by atoms with Crippen molar-refractivity contribution in [1.29, 1.82) is 5.26 Å². The van der Waals surface area contributed by atoms with Crippen LogP contribution < -0.4 is 4.72 Å². The fraction of sp³-hybridized carbons (Fsp3) is 0.368. The maximum atomic E-state index is 12.6. The molecule has 0 amide bonds. The van der Waals surface area contributed by atoms with Crippen LogP contribution >= 0.6 is 0 Å². The monoisotopic (exact) mass is 396 g/mol. The minimum atomic E-state index is -3.79. The molecule has 8 nitrogen and oxygen atoms in total. The summed E-state index contributed by atoms with van der Waals surface area (Å²) in [6.07, 6.45) is 4.26. The first-order valence-electron chi connectivity index (χ1n) is 9.19. The van der Waals surface area contributed by atoms with E-state index in [2.05, 4.69) is 19.7 Å². The van der Waals surface area contributed by atoms with Gasteiger partial charge in [-0.25, -0.2) is 23.1 Å². The standard InChI is InChI=1S/C19H20N6O2S/c1-3-15-18-17(8-16(22-15)12-4-5-12)23-19(24-18)11(2)25-28(26,27)14-7-6-13(9-20)21-10-14/h6-8,10-12,25H,3-5H2,1-2H3,(H,23,24). The number of nitriles is 1. The number of hydrogen-bond donors (Lipinski definition) is 2. The average molecular weight is 396 g/mol. The maximum Gasteiger partial charge on any atom is 0.242 e. The van der Waals surface area contributed by atoms with Gasteiger partial charge in [0.05, 0.1) is 17.3 Å². The topological polar surface area (TPSA) is 124 Å². The van der Waals surface area contributed by atoms with Gasteiger partial charge in [0.2, 0.25) is 10.0 Å². The minimum absolute atomic E-state index is 0.00129. The van der Waals surface area contributed by atoms with Crippen LogP contribution in [0.2, 0.25) is 0 Å². The Morgan fingerprint density at radius 1 is 1.36 bits per heavy atom. The number of nitrogens with one attached hydrogen (secondary N) is 2. The van der Waals surface area contributed by atoms with Crippen molar-refractivity contribution in [3.63, 3.8) is 0 Å². The Balaban J connectivity index is 1.62. The number of sulfonamides is 1. The normalized spacial score (nSPS) is 15.5. The molecule has 0 aromatic carbocycles. The quantitative estimate of drug-likeness (QED) is 0.660. The molecule has 3 heterocycles. The SMILES string of the molecule is CCc1nc(C2CC2)cc2[nH]c(C(C)NS(=O)(=O)c3ccc(C#N)nc3)nc12. The predicted octanol–water partition coefficient (Wildman–Crippen LogP) is 2.70. The van der Waals surface area contributed by atoms with Crippen molar-refractivity contribution in [2.75, 3.05) is 0 Å². The van der Waals surface area contributed by atoms with Crippen molar-refractivity contribution in [2.45, 2.75) is 50.0 Å². The van der Waals surface area contributed by atoms with E-state index in [1.807, 2.05) is 19.1 Å². The van der Waals surface area contributed by atoms with E-state index in [4.69, 9.17) is 10.2 Å². The van der Waals surface area contributed by atoms with E-state index < -0.39 is 16.1 Å². The van der Waals surface area contributed by atoms with Crippen molar-refractivity contribution >= 4 is 21.1 Å². The molecule has 1 atom stereocenters. The van der Waals surface area contributed by atoms with Crippen molar-refractivity contribution in [2.24, 2.45) is 0 Å². The van der Waals surface area contributed by atoms with E-state index in [0.717, 1.165) is 41.7 Å². The molecule has 3 aromatic heterocycles. The van der Waals surface area contributed by atoms with Crippen molar-refractivity contribution in [3.8, 4) is 6.07 Å². The van der Waals surface area contributed by atoms with Crippen LogP contribution in [0.3, 0.4) is 0 Å². The van der Waals surface area contributed by atoms with E-state index in [0.29, 0.717) is 11.7 Å². The molecule has 4 rings (SSSR count). The fourth-order valence-corrected chi connectivity index (χ4v) is 4.27. The molecule has 28 heavy (non-hydrogen) atoms. The fourth-order valence-electron chi connectivity index (χ4n) is 3.12. The highest BCUT2D eigenvalue weighted by Crippen LogP contribution is 2.40. The molecular weight excluding hydrogens is 376 g/mol. The Kier molecular flexibility index (Phi) is 4.61. The lowest BCUT2D eigenvalue weighted by molar-refractivity contribution is 0.561. The second-order valence-corrected chi connectivity index (χ2v) is 8.69. The molecule has 0 aliphatic heterocycles. The molecule has 144 valence electrons. The Morgan fingerprint density at radius 3 is 2.75 bits per heavy atom. The van der Waals surface area contributed by atoms with Crippen LogP contribution in [0.4, 0.5) is 0 Å². The van der Waals surface area contributed by atoms with E-state index in [1.54, 1.807) is 6.92 Å². The summed E-state index contributed by atoms with van der Waals surface area (Å²) in [5.74, 6) is 1.06. The number of nitrogens with zero attached hydrogens (tertiary/aromatic N) is 4. The molecule has 1 saturated carbocycles. The summed E-state index contributed by atoms with van der Waals surface area (Å²) in [7, 11) is -3.79. The summed E-state index contributed by atoms with van der Waals surface area (Å²) in [4.78, 5) is 16.4. The summed E-state index contributed by atoms with van der Waals surface area (Å²) in [5, 5.41) is 8.80. The second-order valence-electron chi connectivity index (χ2n) is 6.97. The molecule has 0 saturated heterocycles. The van der Waals surface area contributed by atoms with Gasteiger partial charge in [-0.2, -0.15) is 5.26 Å². The van der Waals surface area contributed by atoms with Gasteiger partial charge in [0.25, 0.3) is 0 Å². The lowest BCUT2D eigenvalue weighted by Crippen LogP contribution is -2.27. The first-order valence-corrected chi connectivity index (χ1v) is 10.7. The van der Waals surface area contributed by atoms with Crippen LogP contribution in [-0.2, 0) is 16.4 Å². The van der Waals surface area contributed by atoms with Gasteiger partial charge in [0.15, 0.2) is 0 Å². The molecule has 1 aliphatic rings. The number of pyridine rings is 2. The zero-order chi connectivity index (χ0) is 19.9. The smallest absolute Gasteiger partial charge is 0.242 e. The molecule has 1 fully saturated rings. The van der Waals surface area contributed by atoms with Crippen molar-refractivity contribution in [1.82, 2.24) is 24.7 Å². The number of aromatic amines is 1. The number of imidazole rings is 1. The Hall–Kier alpha value is -2.83. The largest absolute Gasteiger partial charge is 0.341 e. The van der Waals surface area contributed by atoms with Crippen molar-refractivity contribution < 1.29 is 8.42 Å². The number of fused-ring (bicyclic) bond motifs is 1. The van der Waals surface area contributed by atoms with Gasteiger partial charge in [-0.05, 0) is 44.4 Å². The van der Waals surface area contributed by atoms with Crippen LogP contribution in [0.5, 0.6) is 0 Å². The lowest BCUT2D eigenvalue weighted by atomic mass is 10.2. The lowest BCUT2D eigenvalue weighted by Gasteiger charge is -2.11. The number of aryl methyl sites for hydroxylation is 1. The Morgan fingerprint density at radius 2 is 2.14 bits per heavy atom. The van der Waals surface area contributed by atoms with Crippen molar-refractivity contribution in [3.05, 3.63) is 47.3 Å². The van der Waals surface area contributed by atoms with E-state index in [9.17, 15) is 8.42 Å². The maximum absolute atomic E-state index is 12.6. The third-order valence-corrected chi connectivity index (χ3v) is 6.34. The molecule has 0 radical (unpaired) electrons. The van der Waals surface area contributed by atoms with E-state index >= 15 is 0 Å². The third kappa shape index (κ3) is 3.48. The number of aromatic nitrogens is 4. The van der Waals surface area contributed by atoms with Gasteiger partial charge in [0, 0.05) is 17.8 Å². The van der Waals surface area contributed by atoms with Crippen LogP contribution in [-0.4, -0.2) is 28.4 Å². The minimum Gasteiger partial charge on any atom is -0.341 e. The van der Waals surface area contributed by atoms with E-state index in [-0.39, 0.29) is 10.6 Å². The molecule has 3 aromatic rings. The van der Waals surface area contributed by atoms with E-state index in [1.165, 1.54) is 18.3 Å². The van der Waals surface area contributed by atoms with Gasteiger partial charge in [-0.3, -0.25) is 4.98 Å². The molecule has 2 N–H and O–H groups in total. The van der Waals surface area contributed by atoms with Crippen LogP contribution in [0.15, 0.2) is 29.3 Å². The first kappa shape index (κ1) is 18.5. The molecule has 1 aliphatic carbocycles. The van der Waals surface area contributed by atoms with Gasteiger partial charge in [-0.1, -0.05) is 6.92 Å². The Bertz CT molecular complexity index is 1170. The van der Waals surface area contributed by atoms with Crippen LogP contribution in [0.25, 0.3) is 11.0 Å². The Labute approximate surface area is 163 Å². The second kappa shape index (κ2) is 6.96. The highest BCUT2D eigenvalue weighted by molar-refractivity contribution is 7.89. The summed E-state index contributed by atoms with van der Waals surface area (Å²) in [5.41, 5.74) is 3.84. The summed E-state index contributed by atoms with van der Waals surface area (Å²) < 4.78 is 27.8. The molecule has 0 bridgehead atoms. The summed E-state index contributed by atoms with van der Waals surface area (Å²) >= 11 is 0. The van der Waals surface area contributed by atoms with Gasteiger partial charge >= 0.3 is 0 Å². The average Bonchev–Trinajstić information content (AvgIpc) is 3.45. The zero-order valence-electron chi connectivity index (χ0n) is 15.6. The predicted molar refractivity (Wildman–Crippen MR) is 103 cm³/mol. The number of rotatable bonds is 6. The number of H-pyrrole nitrogens is 1. The number of hydrogen-bond acceptors (Lipinski definition) is 6. The third-order valence-electron chi connectivity index (χ3n) is 4.81.